The minimum atomic E-state index is -0.440. The molecule has 1 amide bonds. The van der Waals surface area contributed by atoms with E-state index >= 15 is 0 Å². The molecule has 3 aliphatic rings. The van der Waals surface area contributed by atoms with Crippen LogP contribution in [0.1, 0.15) is 80.6 Å². The molecule has 0 aromatic rings. The lowest BCUT2D eigenvalue weighted by atomic mass is 9.87. The molecule has 7 heteroatoms. The molecule has 0 radical (unpaired) electrons. The molecule has 8 unspecified atom stereocenters. The molecule has 3 saturated heterocycles. The summed E-state index contributed by atoms with van der Waals surface area (Å²) in [5, 5.41) is 3.03. The van der Waals surface area contributed by atoms with Gasteiger partial charge in [-0.3, -0.25) is 9.59 Å². The van der Waals surface area contributed by atoms with E-state index < -0.39 is 6.10 Å². The molecule has 0 saturated carbocycles. The van der Waals surface area contributed by atoms with Crippen LogP contribution in [-0.4, -0.2) is 60.1 Å². The first kappa shape index (κ1) is 28.6. The topological polar surface area (TPSA) is 86.4 Å². The Morgan fingerprint density at radius 2 is 1.86 bits per heavy atom. The molecule has 0 bridgehead atoms. The lowest BCUT2D eigenvalue weighted by molar-refractivity contribution is -0.143. The van der Waals surface area contributed by atoms with Gasteiger partial charge in [-0.2, -0.15) is 0 Å². The first-order chi connectivity index (χ1) is 17.0. The number of hydrogen-bond acceptors (Lipinski definition) is 6. The molecule has 3 aliphatic heterocycles. The highest BCUT2D eigenvalue weighted by Gasteiger charge is 2.57. The molecule has 3 rings (SSSR count). The summed E-state index contributed by atoms with van der Waals surface area (Å²) in [6, 6.07) is -0.0586. The molecular weight excluding hydrogens is 458 g/mol. The van der Waals surface area contributed by atoms with Crippen molar-refractivity contribution in [2.45, 2.75) is 129 Å². The highest BCUT2D eigenvalue weighted by molar-refractivity contribution is 5.87. The van der Waals surface area contributed by atoms with Gasteiger partial charge < -0.3 is 24.3 Å². The van der Waals surface area contributed by atoms with Crippen LogP contribution in [0.5, 0.6) is 0 Å². The maximum Gasteiger partial charge on any atom is 0.303 e. The Morgan fingerprint density at radius 3 is 2.50 bits per heavy atom. The molecule has 1 N–H and O–H groups in total. The van der Waals surface area contributed by atoms with Crippen LogP contribution in [0.25, 0.3) is 0 Å². The molecule has 3 fully saturated rings. The number of nitrogens with one attached hydrogen (secondary N) is 1. The summed E-state index contributed by atoms with van der Waals surface area (Å²) in [6.45, 7) is 13.7. The van der Waals surface area contributed by atoms with Crippen LogP contribution in [-0.2, 0) is 28.5 Å². The quantitative estimate of drug-likeness (QED) is 0.211. The molecule has 202 valence electrons. The Labute approximate surface area is 216 Å². The summed E-state index contributed by atoms with van der Waals surface area (Å²) in [6.07, 6.45) is 14.5. The Kier molecular flexibility index (Phi) is 9.95. The van der Waals surface area contributed by atoms with Crippen LogP contribution in [0.3, 0.4) is 0 Å². The van der Waals surface area contributed by atoms with Crippen LogP contribution >= 0.6 is 0 Å². The molecule has 36 heavy (non-hydrogen) atoms. The Balaban J connectivity index is 1.46. The van der Waals surface area contributed by atoms with Gasteiger partial charge in [0.25, 0.3) is 0 Å². The van der Waals surface area contributed by atoms with E-state index in [9.17, 15) is 9.59 Å². The minimum absolute atomic E-state index is 0.0232. The first-order valence-electron chi connectivity index (χ1n) is 13.5. The smallest absolute Gasteiger partial charge is 0.303 e. The summed E-state index contributed by atoms with van der Waals surface area (Å²) < 4.78 is 23.5. The van der Waals surface area contributed by atoms with Crippen LogP contribution in [0.15, 0.2) is 36.0 Å². The fraction of sp³-hybridized carbons (Fsp3) is 0.724. The summed E-state index contributed by atoms with van der Waals surface area (Å²) >= 11 is 0. The number of rotatable bonds is 9. The predicted molar refractivity (Wildman–Crippen MR) is 139 cm³/mol. The summed E-state index contributed by atoms with van der Waals surface area (Å²) in [4.78, 5) is 23.3. The van der Waals surface area contributed by atoms with Crippen molar-refractivity contribution in [2.24, 2.45) is 5.92 Å². The van der Waals surface area contributed by atoms with Crippen LogP contribution in [0.4, 0.5) is 0 Å². The van der Waals surface area contributed by atoms with Crippen LogP contribution < -0.4 is 5.32 Å². The second-order valence-electron chi connectivity index (χ2n) is 10.9. The van der Waals surface area contributed by atoms with E-state index in [-0.39, 0.29) is 47.9 Å². The second kappa shape index (κ2) is 12.5. The standard InChI is InChI=1S/C29H45NO6/c1-8-24-16-29(22(6)36-29)17-25(35-24)12-9-18(2)10-13-27-19(3)15-26(21(5)34-27)30-28(32)14-11-20(4)33-23(7)31/h9-12,14,19-22,24-27H,8,13,15-17H2,1-7H3,(H,30,32)/b12-9+,14-11-,18-10+/t19?,20?,21?,22?,24-,25?,26?,27?,29?/m1/s1. The van der Waals surface area contributed by atoms with Gasteiger partial charge in [-0.15, -0.1) is 0 Å². The average Bonchev–Trinajstić information content (AvgIpc) is 3.42. The van der Waals surface area contributed by atoms with Gasteiger partial charge in [-0.25, -0.2) is 0 Å². The normalized spacial score (nSPS) is 37.9. The summed E-state index contributed by atoms with van der Waals surface area (Å²) in [5.41, 5.74) is 1.22. The van der Waals surface area contributed by atoms with Crippen molar-refractivity contribution >= 4 is 11.9 Å². The van der Waals surface area contributed by atoms with Crippen LogP contribution in [0.2, 0.25) is 0 Å². The van der Waals surface area contributed by atoms with Crippen molar-refractivity contribution < 1.29 is 28.5 Å². The molecule has 9 atom stereocenters. The van der Waals surface area contributed by atoms with E-state index in [0.717, 1.165) is 32.1 Å². The fourth-order valence-electron chi connectivity index (χ4n) is 5.35. The van der Waals surface area contributed by atoms with Gasteiger partial charge >= 0.3 is 5.97 Å². The SMILES string of the molecule is CC[C@@H]1CC2(CC(/C=C/C(C)=C/CC3OC(C)C(NC(=O)/C=C\C(C)OC(C)=O)CC3C)O1)OC2C. The number of allylic oxidation sites excluding steroid dienone is 2. The maximum atomic E-state index is 12.3. The highest BCUT2D eigenvalue weighted by Crippen LogP contribution is 2.48. The van der Waals surface area contributed by atoms with Gasteiger partial charge in [0.15, 0.2) is 0 Å². The maximum absolute atomic E-state index is 12.3. The average molecular weight is 504 g/mol. The Hall–Kier alpha value is -1.96. The van der Waals surface area contributed by atoms with Gasteiger partial charge in [-0.05, 0) is 59.0 Å². The van der Waals surface area contributed by atoms with Crippen molar-refractivity contribution in [3.63, 3.8) is 0 Å². The zero-order valence-corrected chi connectivity index (χ0v) is 23.0. The molecular formula is C29H45NO6. The van der Waals surface area contributed by atoms with E-state index in [0.29, 0.717) is 12.0 Å². The fourth-order valence-corrected chi connectivity index (χ4v) is 5.35. The van der Waals surface area contributed by atoms with Gasteiger partial charge in [0.1, 0.15) is 6.10 Å². The van der Waals surface area contributed by atoms with E-state index in [1.54, 1.807) is 13.0 Å². The van der Waals surface area contributed by atoms with Crippen molar-refractivity contribution in [1.82, 2.24) is 5.32 Å². The number of carbonyl (C=O) groups excluding carboxylic acids is 2. The van der Waals surface area contributed by atoms with Crippen molar-refractivity contribution in [1.29, 1.82) is 0 Å². The Bertz CT molecular complexity index is 866. The zero-order chi connectivity index (χ0) is 26.5. The molecule has 3 heterocycles. The Morgan fingerprint density at radius 1 is 1.14 bits per heavy atom. The highest BCUT2D eigenvalue weighted by atomic mass is 16.6. The number of hydrogen-bond donors (Lipinski definition) is 1. The van der Waals surface area contributed by atoms with Crippen molar-refractivity contribution in [2.75, 3.05) is 0 Å². The lowest BCUT2D eigenvalue weighted by Gasteiger charge is -2.39. The van der Waals surface area contributed by atoms with Gasteiger partial charge in [0.05, 0.1) is 42.2 Å². The van der Waals surface area contributed by atoms with E-state index in [1.807, 2.05) is 6.92 Å². The third-order valence-corrected chi connectivity index (χ3v) is 7.70. The third-order valence-electron chi connectivity index (χ3n) is 7.70. The van der Waals surface area contributed by atoms with E-state index in [1.165, 1.54) is 18.6 Å². The number of esters is 1. The minimum Gasteiger partial charge on any atom is -0.459 e. The van der Waals surface area contributed by atoms with E-state index in [4.69, 9.17) is 18.9 Å². The third kappa shape index (κ3) is 8.02. The first-order valence-corrected chi connectivity index (χ1v) is 13.5. The van der Waals surface area contributed by atoms with Gasteiger partial charge in [-0.1, -0.05) is 37.6 Å². The number of carbonyl (C=O) groups is 2. The lowest BCUT2D eigenvalue weighted by Crippen LogP contribution is -2.50. The van der Waals surface area contributed by atoms with Crippen LogP contribution in [0, 0.1) is 5.92 Å². The molecule has 1 spiro atoms. The second-order valence-corrected chi connectivity index (χ2v) is 10.9. The van der Waals surface area contributed by atoms with Crippen molar-refractivity contribution in [3.8, 4) is 0 Å². The molecule has 0 aromatic heterocycles. The van der Waals surface area contributed by atoms with E-state index in [2.05, 4.69) is 51.2 Å². The predicted octanol–water partition coefficient (Wildman–Crippen LogP) is 4.80. The molecule has 7 nitrogen and oxygen atoms in total. The van der Waals surface area contributed by atoms with Gasteiger partial charge in [0, 0.05) is 25.8 Å². The summed E-state index contributed by atoms with van der Waals surface area (Å²) in [5.74, 6) is -0.266. The monoisotopic (exact) mass is 503 g/mol. The molecule has 0 aliphatic carbocycles. The van der Waals surface area contributed by atoms with Crippen molar-refractivity contribution in [3.05, 3.63) is 36.0 Å². The zero-order valence-electron chi connectivity index (χ0n) is 23.0. The van der Waals surface area contributed by atoms with Gasteiger partial charge in [0.2, 0.25) is 5.91 Å². The number of amides is 1. The summed E-state index contributed by atoms with van der Waals surface area (Å²) in [7, 11) is 0. The largest absolute Gasteiger partial charge is 0.459 e. The molecule has 0 aromatic carbocycles. The number of ether oxygens (including phenoxy) is 4. The number of epoxide rings is 1.